The van der Waals surface area contributed by atoms with Gasteiger partial charge in [-0.05, 0) is 50.1 Å². The zero-order valence-corrected chi connectivity index (χ0v) is 17.1. The molecule has 0 saturated carbocycles. The lowest BCUT2D eigenvalue weighted by molar-refractivity contribution is -0.923. The van der Waals surface area contributed by atoms with Crippen molar-refractivity contribution >= 4 is 28.1 Å². The van der Waals surface area contributed by atoms with Crippen LogP contribution in [0.4, 0.5) is 0 Å². The van der Waals surface area contributed by atoms with Crippen molar-refractivity contribution < 1.29 is 9.22 Å². The van der Waals surface area contributed by atoms with Crippen LogP contribution in [0.1, 0.15) is 31.9 Å². The number of ether oxygens (including phenoxy) is 1. The molecular weight excluding hydrogens is 374 g/mol. The Morgan fingerprint density at radius 2 is 1.52 bits per heavy atom. The quantitative estimate of drug-likeness (QED) is 0.376. The van der Waals surface area contributed by atoms with Crippen molar-refractivity contribution in [1.29, 1.82) is 0 Å². The fraction of sp³-hybridized carbons (Fsp3) is 0.364. The molecule has 3 heteroatoms. The monoisotopic (exact) mass is 402 g/mol. The molecule has 0 unspecified atom stereocenters. The lowest BCUT2D eigenvalue weighted by Gasteiger charge is -2.35. The minimum absolute atomic E-state index is 0.766. The molecule has 0 bridgehead atoms. The summed E-state index contributed by atoms with van der Waals surface area (Å²) < 4.78 is 8.18. The van der Waals surface area contributed by atoms with Gasteiger partial charge in [-0.2, -0.15) is 0 Å². The van der Waals surface area contributed by atoms with Crippen molar-refractivity contribution in [2.75, 3.05) is 32.8 Å². The molecule has 0 fully saturated rings. The highest BCUT2D eigenvalue weighted by Crippen LogP contribution is 2.20. The lowest BCUT2D eigenvalue weighted by Crippen LogP contribution is -2.49. The predicted octanol–water partition coefficient (Wildman–Crippen LogP) is 5.87. The summed E-state index contributed by atoms with van der Waals surface area (Å²) in [4.78, 5) is 0. The molecule has 0 radical (unpaired) electrons. The van der Waals surface area contributed by atoms with E-state index in [-0.39, 0.29) is 0 Å². The van der Waals surface area contributed by atoms with E-state index in [1.165, 1.54) is 11.1 Å². The third kappa shape index (κ3) is 5.72. The van der Waals surface area contributed by atoms with E-state index in [2.05, 4.69) is 85.3 Å². The van der Waals surface area contributed by atoms with Gasteiger partial charge in [0.05, 0.1) is 19.6 Å². The first-order chi connectivity index (χ1) is 12.1. The summed E-state index contributed by atoms with van der Waals surface area (Å²) in [5.41, 5.74) is 2.35. The highest BCUT2D eigenvalue weighted by Gasteiger charge is 2.20. The second-order valence-corrected chi connectivity index (χ2v) is 7.14. The molecule has 0 saturated heterocycles. The number of rotatable bonds is 9. The fourth-order valence-corrected chi connectivity index (χ4v) is 3.39. The smallest absolute Gasteiger partial charge is 0.137 e. The highest BCUT2D eigenvalue weighted by molar-refractivity contribution is 9.10. The van der Waals surface area contributed by atoms with Gasteiger partial charge in [-0.15, -0.1) is 0 Å². The Bertz CT molecular complexity index is 666. The van der Waals surface area contributed by atoms with Crippen LogP contribution in [0.15, 0.2) is 53.0 Å². The molecule has 0 aliphatic heterocycles. The zero-order valence-electron chi connectivity index (χ0n) is 15.5. The van der Waals surface area contributed by atoms with E-state index in [0.717, 1.165) is 47.5 Å². The van der Waals surface area contributed by atoms with Crippen LogP contribution in [0.3, 0.4) is 0 Å². The van der Waals surface area contributed by atoms with Crippen molar-refractivity contribution in [3.8, 4) is 5.75 Å². The van der Waals surface area contributed by atoms with Gasteiger partial charge >= 0.3 is 0 Å². The Morgan fingerprint density at radius 1 is 0.880 bits per heavy atom. The van der Waals surface area contributed by atoms with E-state index in [1.54, 1.807) is 0 Å². The number of hydrogen-bond donors (Lipinski definition) is 0. The molecule has 0 aliphatic carbocycles. The molecule has 134 valence electrons. The molecule has 25 heavy (non-hydrogen) atoms. The summed E-state index contributed by atoms with van der Waals surface area (Å²) in [6.07, 6.45) is 4.24. The Kier molecular flexibility index (Phi) is 7.73. The van der Waals surface area contributed by atoms with Crippen molar-refractivity contribution in [1.82, 2.24) is 0 Å². The zero-order chi connectivity index (χ0) is 18.1. The van der Waals surface area contributed by atoms with Gasteiger partial charge in [0, 0.05) is 4.47 Å². The Balaban J connectivity index is 1.91. The van der Waals surface area contributed by atoms with Gasteiger partial charge in [-0.3, -0.25) is 0 Å². The van der Waals surface area contributed by atoms with Crippen molar-refractivity contribution in [3.05, 3.63) is 64.1 Å². The Morgan fingerprint density at radius 3 is 2.12 bits per heavy atom. The molecule has 0 aromatic heterocycles. The second kappa shape index (κ2) is 9.79. The number of halogens is 1. The van der Waals surface area contributed by atoms with Crippen molar-refractivity contribution in [3.63, 3.8) is 0 Å². The fourth-order valence-electron chi connectivity index (χ4n) is 2.97. The van der Waals surface area contributed by atoms with E-state index in [4.69, 9.17) is 4.74 Å². The van der Waals surface area contributed by atoms with Crippen LogP contribution >= 0.6 is 15.9 Å². The molecular formula is C22H29BrNO+. The van der Waals surface area contributed by atoms with Crippen LogP contribution in [-0.2, 0) is 0 Å². The molecule has 2 aromatic carbocycles. The summed E-state index contributed by atoms with van der Waals surface area (Å²) in [5, 5.41) is 0. The first kappa shape index (κ1) is 19.7. The first-order valence-electron chi connectivity index (χ1n) is 9.13. The van der Waals surface area contributed by atoms with Gasteiger partial charge in [0.2, 0.25) is 0 Å². The molecule has 0 amide bonds. The van der Waals surface area contributed by atoms with E-state index in [0.29, 0.717) is 0 Å². The number of nitrogens with zero attached hydrogens (tertiary/aromatic N) is 1. The van der Waals surface area contributed by atoms with E-state index >= 15 is 0 Å². The summed E-state index contributed by atoms with van der Waals surface area (Å²) in [5.74, 6) is 0.944. The number of quaternary nitrogens is 1. The van der Waals surface area contributed by atoms with Gasteiger partial charge in [0.15, 0.2) is 0 Å². The second-order valence-electron chi connectivity index (χ2n) is 6.29. The maximum atomic E-state index is 5.96. The Hall–Kier alpha value is -1.58. The van der Waals surface area contributed by atoms with Crippen LogP contribution < -0.4 is 4.74 Å². The third-order valence-corrected chi connectivity index (χ3v) is 5.81. The van der Waals surface area contributed by atoms with E-state index in [9.17, 15) is 0 Å². The number of benzene rings is 2. The van der Waals surface area contributed by atoms with Gasteiger partial charge in [0.25, 0.3) is 0 Å². The minimum Gasteiger partial charge on any atom is -0.488 e. The molecule has 0 spiro atoms. The molecule has 0 atom stereocenters. The van der Waals surface area contributed by atoms with Crippen LogP contribution in [0.2, 0.25) is 0 Å². The maximum Gasteiger partial charge on any atom is 0.137 e. The largest absolute Gasteiger partial charge is 0.488 e. The highest BCUT2D eigenvalue weighted by atomic mass is 79.9. The molecule has 0 heterocycles. The Labute approximate surface area is 160 Å². The standard InChI is InChI=1S/C22H29BrNO/c1-4-24(5-2,6-3)17-18-25-21-15-12-19(13-16-21)11-14-20-9-7-8-10-22(20)23/h7-16H,4-6,17-18H2,1-3H3/q+1. The van der Waals surface area contributed by atoms with Crippen LogP contribution in [0.5, 0.6) is 5.75 Å². The topological polar surface area (TPSA) is 9.23 Å². The molecule has 2 aromatic rings. The van der Waals surface area contributed by atoms with Gasteiger partial charge in [-0.1, -0.05) is 58.4 Å². The van der Waals surface area contributed by atoms with Crippen LogP contribution in [-0.4, -0.2) is 37.3 Å². The SMILES string of the molecule is CC[N+](CC)(CC)CCOc1ccc(C=Cc2ccccc2Br)cc1. The lowest BCUT2D eigenvalue weighted by atomic mass is 10.1. The van der Waals surface area contributed by atoms with E-state index in [1.807, 2.05) is 12.1 Å². The average molecular weight is 403 g/mol. The summed E-state index contributed by atoms with van der Waals surface area (Å²) in [7, 11) is 0. The third-order valence-electron chi connectivity index (χ3n) is 5.09. The van der Waals surface area contributed by atoms with E-state index < -0.39 is 0 Å². The van der Waals surface area contributed by atoms with Crippen LogP contribution in [0, 0.1) is 0 Å². The average Bonchev–Trinajstić information content (AvgIpc) is 2.66. The molecule has 0 N–H and O–H groups in total. The minimum atomic E-state index is 0.766. The number of likely N-dealkylation sites (N-methyl/N-ethyl adjacent to an activating group) is 1. The summed E-state index contributed by atoms with van der Waals surface area (Å²) >= 11 is 3.57. The normalized spacial score (nSPS) is 11.8. The first-order valence-corrected chi connectivity index (χ1v) is 9.92. The van der Waals surface area contributed by atoms with Crippen molar-refractivity contribution in [2.45, 2.75) is 20.8 Å². The van der Waals surface area contributed by atoms with Gasteiger partial charge in [0.1, 0.15) is 18.9 Å². The van der Waals surface area contributed by atoms with Crippen molar-refractivity contribution in [2.24, 2.45) is 0 Å². The summed E-state index contributed by atoms with van der Waals surface area (Å²) in [6, 6.07) is 16.5. The molecule has 0 aliphatic rings. The number of hydrogen-bond acceptors (Lipinski definition) is 1. The molecule has 2 rings (SSSR count). The van der Waals surface area contributed by atoms with Crippen LogP contribution in [0.25, 0.3) is 12.2 Å². The van der Waals surface area contributed by atoms with Gasteiger partial charge < -0.3 is 9.22 Å². The maximum absolute atomic E-state index is 5.96. The summed E-state index contributed by atoms with van der Waals surface area (Å²) in [6.45, 7) is 12.1. The molecule has 2 nitrogen and oxygen atoms in total. The van der Waals surface area contributed by atoms with Gasteiger partial charge in [-0.25, -0.2) is 0 Å². The predicted molar refractivity (Wildman–Crippen MR) is 112 cm³/mol.